The van der Waals surface area contributed by atoms with E-state index in [1.807, 2.05) is 13.8 Å². The van der Waals surface area contributed by atoms with Crippen LogP contribution >= 0.6 is 11.6 Å². The fourth-order valence-corrected chi connectivity index (χ4v) is 1.85. The molecular formula is C12H22ClNO2. The zero-order valence-corrected chi connectivity index (χ0v) is 11.0. The Morgan fingerprint density at radius 2 is 2.06 bits per heavy atom. The number of halogens is 1. The van der Waals surface area contributed by atoms with Gasteiger partial charge in [0.2, 0.25) is 5.91 Å². The van der Waals surface area contributed by atoms with Crippen LogP contribution in [-0.2, 0) is 9.53 Å². The number of hydrogen-bond donors (Lipinski definition) is 1. The molecule has 0 unspecified atom stereocenters. The van der Waals surface area contributed by atoms with Gasteiger partial charge < -0.3 is 10.1 Å². The largest absolute Gasteiger partial charge is 0.381 e. The summed E-state index contributed by atoms with van der Waals surface area (Å²) < 4.78 is 5.29. The van der Waals surface area contributed by atoms with Crippen molar-refractivity contribution in [1.29, 1.82) is 0 Å². The van der Waals surface area contributed by atoms with Gasteiger partial charge in [-0.05, 0) is 39.0 Å². The predicted octanol–water partition coefficient (Wildman–Crippen LogP) is 2.18. The van der Waals surface area contributed by atoms with Crippen molar-refractivity contribution < 1.29 is 9.53 Å². The van der Waals surface area contributed by atoms with E-state index in [1.54, 1.807) is 0 Å². The van der Waals surface area contributed by atoms with Gasteiger partial charge in [-0.15, -0.1) is 11.6 Å². The summed E-state index contributed by atoms with van der Waals surface area (Å²) in [5.41, 5.74) is -0.461. The molecule has 1 saturated heterocycles. The van der Waals surface area contributed by atoms with Gasteiger partial charge in [-0.25, -0.2) is 0 Å². The zero-order chi connectivity index (χ0) is 12.0. The lowest BCUT2D eigenvalue weighted by molar-refractivity contribution is -0.128. The maximum atomic E-state index is 11.7. The molecule has 0 aliphatic carbocycles. The Bertz CT molecular complexity index is 225. The fraction of sp³-hybridized carbons (Fsp3) is 0.917. The molecule has 1 aliphatic rings. The summed E-state index contributed by atoms with van der Waals surface area (Å²) in [5, 5.41) is 2.96. The summed E-state index contributed by atoms with van der Waals surface area (Å²) in [6.45, 7) is 6.22. The molecule has 0 spiro atoms. The van der Waals surface area contributed by atoms with E-state index >= 15 is 0 Å². The van der Waals surface area contributed by atoms with Crippen molar-refractivity contribution in [3.63, 3.8) is 0 Å². The topological polar surface area (TPSA) is 38.3 Å². The average Bonchev–Trinajstić information content (AvgIpc) is 2.30. The first-order valence-electron chi connectivity index (χ1n) is 5.98. The Kier molecular flexibility index (Phi) is 5.56. The van der Waals surface area contributed by atoms with Crippen LogP contribution < -0.4 is 5.32 Å². The van der Waals surface area contributed by atoms with Crippen molar-refractivity contribution in [2.45, 2.75) is 33.1 Å². The molecule has 16 heavy (non-hydrogen) atoms. The van der Waals surface area contributed by atoms with Crippen LogP contribution in [0.1, 0.15) is 33.1 Å². The number of carbonyl (C=O) groups excluding carboxylic acids is 1. The van der Waals surface area contributed by atoms with Crippen LogP contribution in [0.2, 0.25) is 0 Å². The van der Waals surface area contributed by atoms with E-state index in [2.05, 4.69) is 5.32 Å². The van der Waals surface area contributed by atoms with Crippen molar-refractivity contribution in [3.05, 3.63) is 0 Å². The molecule has 1 N–H and O–H groups in total. The van der Waals surface area contributed by atoms with Crippen LogP contribution in [0.4, 0.5) is 0 Å². The van der Waals surface area contributed by atoms with Crippen LogP contribution in [0.15, 0.2) is 0 Å². The van der Waals surface area contributed by atoms with Gasteiger partial charge in [-0.1, -0.05) is 0 Å². The monoisotopic (exact) mass is 247 g/mol. The predicted molar refractivity (Wildman–Crippen MR) is 65.7 cm³/mol. The van der Waals surface area contributed by atoms with Gasteiger partial charge in [0.15, 0.2) is 0 Å². The van der Waals surface area contributed by atoms with Gasteiger partial charge in [0.1, 0.15) is 0 Å². The highest BCUT2D eigenvalue weighted by molar-refractivity contribution is 6.19. The Labute approximate surface area is 103 Å². The summed E-state index contributed by atoms with van der Waals surface area (Å²) in [5.74, 6) is 1.11. The third-order valence-electron chi connectivity index (χ3n) is 3.13. The molecule has 0 aromatic carbocycles. The number of amides is 1. The van der Waals surface area contributed by atoms with Crippen LogP contribution in [0.25, 0.3) is 0 Å². The molecule has 3 nitrogen and oxygen atoms in total. The van der Waals surface area contributed by atoms with Gasteiger partial charge >= 0.3 is 0 Å². The van der Waals surface area contributed by atoms with Gasteiger partial charge in [0.25, 0.3) is 0 Å². The van der Waals surface area contributed by atoms with Crippen molar-refractivity contribution in [3.8, 4) is 0 Å². The molecule has 1 heterocycles. The summed E-state index contributed by atoms with van der Waals surface area (Å²) in [6.07, 6.45) is 3.29. The Morgan fingerprint density at radius 3 is 2.62 bits per heavy atom. The lowest BCUT2D eigenvalue weighted by Crippen LogP contribution is -2.39. The number of ether oxygens (including phenoxy) is 1. The van der Waals surface area contributed by atoms with E-state index < -0.39 is 5.41 Å². The minimum Gasteiger partial charge on any atom is -0.381 e. The summed E-state index contributed by atoms with van der Waals surface area (Å²) >= 11 is 5.74. The van der Waals surface area contributed by atoms with Crippen LogP contribution in [-0.4, -0.2) is 31.5 Å². The first kappa shape index (κ1) is 13.8. The van der Waals surface area contributed by atoms with Gasteiger partial charge in [-0.3, -0.25) is 4.79 Å². The van der Waals surface area contributed by atoms with E-state index in [0.29, 0.717) is 11.8 Å². The molecule has 4 heteroatoms. The Balaban J connectivity index is 2.17. The lowest BCUT2D eigenvalue weighted by atomic mass is 9.94. The molecule has 0 bridgehead atoms. The van der Waals surface area contributed by atoms with Crippen LogP contribution in [0.3, 0.4) is 0 Å². The molecule has 1 rings (SSSR count). The average molecular weight is 248 g/mol. The third kappa shape index (κ3) is 4.30. The second-order valence-corrected chi connectivity index (χ2v) is 5.39. The highest BCUT2D eigenvalue weighted by Crippen LogP contribution is 2.19. The lowest BCUT2D eigenvalue weighted by Gasteiger charge is -2.24. The van der Waals surface area contributed by atoms with E-state index in [4.69, 9.17) is 16.3 Å². The highest BCUT2D eigenvalue weighted by Gasteiger charge is 2.26. The van der Waals surface area contributed by atoms with Gasteiger partial charge in [-0.2, -0.15) is 0 Å². The zero-order valence-electron chi connectivity index (χ0n) is 10.2. The fourth-order valence-electron chi connectivity index (χ4n) is 1.72. The number of nitrogens with one attached hydrogen (secondary N) is 1. The van der Waals surface area contributed by atoms with Crippen molar-refractivity contribution >= 4 is 17.5 Å². The number of hydrogen-bond acceptors (Lipinski definition) is 2. The maximum absolute atomic E-state index is 11.7. The van der Waals surface area contributed by atoms with Crippen LogP contribution in [0.5, 0.6) is 0 Å². The van der Waals surface area contributed by atoms with E-state index in [-0.39, 0.29) is 5.91 Å². The summed E-state index contributed by atoms with van der Waals surface area (Å²) in [4.78, 5) is 11.7. The van der Waals surface area contributed by atoms with Crippen molar-refractivity contribution in [2.24, 2.45) is 11.3 Å². The number of carbonyl (C=O) groups is 1. The Morgan fingerprint density at radius 1 is 1.44 bits per heavy atom. The molecule has 1 amide bonds. The van der Waals surface area contributed by atoms with E-state index in [1.165, 1.54) is 0 Å². The Hall–Kier alpha value is -0.280. The van der Waals surface area contributed by atoms with Gasteiger partial charge in [0, 0.05) is 25.6 Å². The SMILES string of the molecule is CC(C)(CCl)C(=O)NCCC1CCOCC1. The molecule has 0 saturated carbocycles. The molecule has 1 fully saturated rings. The second-order valence-electron chi connectivity index (χ2n) is 5.12. The molecule has 94 valence electrons. The summed E-state index contributed by atoms with van der Waals surface area (Å²) in [7, 11) is 0. The van der Waals surface area contributed by atoms with Crippen LogP contribution in [0, 0.1) is 11.3 Å². The number of alkyl halides is 1. The second kappa shape index (κ2) is 6.45. The minimum absolute atomic E-state index is 0.0505. The van der Waals surface area contributed by atoms with E-state index in [0.717, 1.165) is 39.0 Å². The van der Waals surface area contributed by atoms with Crippen molar-refractivity contribution in [2.75, 3.05) is 25.6 Å². The maximum Gasteiger partial charge on any atom is 0.226 e. The van der Waals surface area contributed by atoms with E-state index in [9.17, 15) is 4.79 Å². The first-order chi connectivity index (χ1) is 7.56. The standard InChI is InChI=1S/C12H22ClNO2/c1-12(2,9-13)11(15)14-6-3-10-4-7-16-8-5-10/h10H,3-9H2,1-2H3,(H,14,15). The normalized spacial score (nSPS) is 18.4. The molecule has 0 atom stereocenters. The number of rotatable bonds is 5. The minimum atomic E-state index is -0.461. The summed E-state index contributed by atoms with van der Waals surface area (Å²) in [6, 6.07) is 0. The smallest absolute Gasteiger partial charge is 0.226 e. The van der Waals surface area contributed by atoms with Gasteiger partial charge in [0.05, 0.1) is 5.41 Å². The molecule has 0 aromatic rings. The third-order valence-corrected chi connectivity index (χ3v) is 3.80. The molecule has 1 aliphatic heterocycles. The quantitative estimate of drug-likeness (QED) is 0.757. The highest BCUT2D eigenvalue weighted by atomic mass is 35.5. The van der Waals surface area contributed by atoms with Crippen molar-refractivity contribution in [1.82, 2.24) is 5.32 Å². The molecule has 0 radical (unpaired) electrons. The first-order valence-corrected chi connectivity index (χ1v) is 6.52. The molecule has 0 aromatic heterocycles. The molecular weight excluding hydrogens is 226 g/mol.